The fourth-order valence-corrected chi connectivity index (χ4v) is 1.42. The van der Waals surface area contributed by atoms with Crippen LogP contribution in [0.25, 0.3) is 0 Å². The summed E-state index contributed by atoms with van der Waals surface area (Å²) in [6.07, 6.45) is 0. The minimum absolute atomic E-state index is 0.0497. The molecule has 0 bridgehead atoms. The number of carbonyl (C=O) groups excluding carboxylic acids is 1. The molecule has 13 heavy (non-hydrogen) atoms. The molecule has 0 aromatic heterocycles. The Labute approximate surface area is 93.0 Å². The van der Waals surface area contributed by atoms with Crippen LogP contribution in [-0.4, -0.2) is 11.1 Å². The molecule has 1 aromatic carbocycles. The van der Waals surface area contributed by atoms with E-state index < -0.39 is 5.82 Å². The van der Waals surface area contributed by atoms with Crippen molar-refractivity contribution in [3.8, 4) is 0 Å². The number of ketones is 1. The van der Waals surface area contributed by atoms with Crippen LogP contribution < -0.4 is 0 Å². The molecule has 0 atom stereocenters. The second-order valence-electron chi connectivity index (χ2n) is 2.30. The number of benzene rings is 1. The predicted octanol–water partition coefficient (Wildman–Crippen LogP) is 3.71. The first-order chi connectivity index (χ1) is 6.06. The largest absolute Gasteiger partial charge is 0.293 e. The Morgan fingerprint density at radius 2 is 1.92 bits per heavy atom. The van der Waals surface area contributed by atoms with E-state index in [1.165, 1.54) is 6.07 Å². The molecule has 0 saturated carbocycles. The molecule has 0 fully saturated rings. The Balaban J connectivity index is 3.23. The number of rotatable bonds is 2. The molecule has 0 spiro atoms. The molecule has 0 aliphatic rings. The van der Waals surface area contributed by atoms with Crippen molar-refractivity contribution in [3.05, 3.63) is 33.6 Å². The number of hydrogen-bond donors (Lipinski definition) is 0. The van der Waals surface area contributed by atoms with E-state index in [1.807, 2.05) is 0 Å². The van der Waals surface area contributed by atoms with Gasteiger partial charge in [0.15, 0.2) is 5.78 Å². The topological polar surface area (TPSA) is 17.1 Å². The highest BCUT2D eigenvalue weighted by atomic mass is 79.9. The van der Waals surface area contributed by atoms with Crippen molar-refractivity contribution < 1.29 is 9.18 Å². The van der Waals surface area contributed by atoms with Crippen molar-refractivity contribution in [2.45, 2.75) is 0 Å². The summed E-state index contributed by atoms with van der Waals surface area (Å²) < 4.78 is 13.1. The number of hydrogen-bond acceptors (Lipinski definition) is 1. The number of halogens is 4. The Kier molecular flexibility index (Phi) is 3.71. The lowest BCUT2D eigenvalue weighted by atomic mass is 10.1. The van der Waals surface area contributed by atoms with Gasteiger partial charge in [-0.25, -0.2) is 4.39 Å². The van der Waals surface area contributed by atoms with Crippen molar-refractivity contribution in [2.75, 3.05) is 5.33 Å². The quantitative estimate of drug-likeness (QED) is 0.460. The lowest BCUT2D eigenvalue weighted by Gasteiger charge is -2.01. The van der Waals surface area contributed by atoms with E-state index in [9.17, 15) is 9.18 Å². The molecule has 0 radical (unpaired) electrons. The predicted molar refractivity (Wildman–Crippen MR) is 54.5 cm³/mol. The Morgan fingerprint density at radius 3 is 2.46 bits per heavy atom. The molecular formula is C8H4BrCl2FO. The van der Waals surface area contributed by atoms with E-state index in [4.69, 9.17) is 23.2 Å². The van der Waals surface area contributed by atoms with Crippen LogP contribution in [0.5, 0.6) is 0 Å². The smallest absolute Gasteiger partial charge is 0.176 e. The van der Waals surface area contributed by atoms with Gasteiger partial charge in [0.2, 0.25) is 0 Å². The highest BCUT2D eigenvalue weighted by Gasteiger charge is 2.13. The first-order valence-corrected chi connectivity index (χ1v) is 5.17. The van der Waals surface area contributed by atoms with Gasteiger partial charge in [-0.05, 0) is 12.1 Å². The van der Waals surface area contributed by atoms with Gasteiger partial charge >= 0.3 is 0 Å². The normalized spacial score (nSPS) is 10.2. The molecule has 5 heteroatoms. The van der Waals surface area contributed by atoms with E-state index in [1.54, 1.807) is 0 Å². The SMILES string of the molecule is O=C(CBr)c1cc(Cl)c(Cl)cc1F. The third-order valence-electron chi connectivity index (χ3n) is 1.43. The molecule has 1 nitrogen and oxygen atoms in total. The third kappa shape index (κ3) is 2.42. The zero-order valence-electron chi connectivity index (χ0n) is 6.28. The summed E-state index contributed by atoms with van der Waals surface area (Å²) in [7, 11) is 0. The molecule has 0 amide bonds. The van der Waals surface area contributed by atoms with Gasteiger partial charge in [0, 0.05) is 0 Å². The van der Waals surface area contributed by atoms with Gasteiger partial charge in [0.1, 0.15) is 5.82 Å². The Hall–Kier alpha value is -0.120. The van der Waals surface area contributed by atoms with E-state index >= 15 is 0 Å². The highest BCUT2D eigenvalue weighted by molar-refractivity contribution is 9.09. The molecule has 0 heterocycles. The van der Waals surface area contributed by atoms with Crippen molar-refractivity contribution in [1.29, 1.82) is 0 Å². The van der Waals surface area contributed by atoms with Crippen LogP contribution in [0.2, 0.25) is 10.0 Å². The first-order valence-electron chi connectivity index (χ1n) is 3.30. The minimum Gasteiger partial charge on any atom is -0.293 e. The zero-order chi connectivity index (χ0) is 10.0. The van der Waals surface area contributed by atoms with Gasteiger partial charge in [0.25, 0.3) is 0 Å². The van der Waals surface area contributed by atoms with Crippen molar-refractivity contribution in [3.63, 3.8) is 0 Å². The van der Waals surface area contributed by atoms with Gasteiger partial charge in [0.05, 0.1) is 20.9 Å². The maximum Gasteiger partial charge on any atom is 0.176 e. The maximum absolute atomic E-state index is 13.1. The number of carbonyl (C=O) groups is 1. The average molecular weight is 286 g/mol. The van der Waals surface area contributed by atoms with Crippen LogP contribution in [-0.2, 0) is 0 Å². The monoisotopic (exact) mass is 284 g/mol. The van der Waals surface area contributed by atoms with E-state index in [0.717, 1.165) is 6.07 Å². The minimum atomic E-state index is -0.654. The Bertz CT molecular complexity index is 354. The summed E-state index contributed by atoms with van der Waals surface area (Å²) in [6, 6.07) is 2.25. The molecule has 0 unspecified atom stereocenters. The van der Waals surface area contributed by atoms with Crippen molar-refractivity contribution in [1.82, 2.24) is 0 Å². The first kappa shape index (κ1) is 11.0. The van der Waals surface area contributed by atoms with Gasteiger partial charge in [-0.15, -0.1) is 0 Å². The lowest BCUT2D eigenvalue weighted by Crippen LogP contribution is -2.03. The summed E-state index contributed by atoms with van der Waals surface area (Å²) in [5.74, 6) is -1.02. The van der Waals surface area contributed by atoms with Crippen LogP contribution >= 0.6 is 39.1 Å². The molecule has 0 aliphatic carbocycles. The van der Waals surface area contributed by atoms with Crippen LogP contribution in [0.15, 0.2) is 12.1 Å². The summed E-state index contributed by atoms with van der Waals surface area (Å²) in [5.41, 5.74) is -0.0497. The van der Waals surface area contributed by atoms with Gasteiger partial charge in [-0.2, -0.15) is 0 Å². The van der Waals surface area contributed by atoms with Crippen LogP contribution in [0.1, 0.15) is 10.4 Å². The fraction of sp³-hybridized carbons (Fsp3) is 0.125. The van der Waals surface area contributed by atoms with E-state index in [0.29, 0.717) is 0 Å². The van der Waals surface area contributed by atoms with Crippen molar-refractivity contribution >= 4 is 44.9 Å². The lowest BCUT2D eigenvalue weighted by molar-refractivity contribution is 0.102. The highest BCUT2D eigenvalue weighted by Crippen LogP contribution is 2.25. The summed E-state index contributed by atoms with van der Waals surface area (Å²) in [4.78, 5) is 11.1. The molecule has 1 rings (SSSR count). The Morgan fingerprint density at radius 1 is 1.38 bits per heavy atom. The van der Waals surface area contributed by atoms with E-state index in [2.05, 4.69) is 15.9 Å². The number of alkyl halides is 1. The van der Waals surface area contributed by atoms with Crippen molar-refractivity contribution in [2.24, 2.45) is 0 Å². The van der Waals surface area contributed by atoms with Gasteiger partial charge in [-0.3, -0.25) is 4.79 Å². The summed E-state index contributed by atoms with van der Waals surface area (Å²) in [6.45, 7) is 0. The molecule has 1 aromatic rings. The number of Topliss-reactive ketones (excluding diaryl/α,β-unsaturated/α-hetero) is 1. The summed E-state index contributed by atoms with van der Waals surface area (Å²) in [5, 5.41) is 0.333. The molecular weight excluding hydrogens is 282 g/mol. The standard InChI is InChI=1S/C8H4BrCl2FO/c9-3-8(13)4-1-5(10)6(11)2-7(4)12/h1-2H,3H2. The summed E-state index contributed by atoms with van der Waals surface area (Å²) >= 11 is 14.1. The zero-order valence-corrected chi connectivity index (χ0v) is 9.38. The molecule has 70 valence electrons. The van der Waals surface area contributed by atoms with Gasteiger partial charge in [-0.1, -0.05) is 39.1 Å². The molecule has 0 saturated heterocycles. The third-order valence-corrected chi connectivity index (χ3v) is 2.66. The van der Waals surface area contributed by atoms with E-state index in [-0.39, 0.29) is 26.7 Å². The molecule has 0 N–H and O–H groups in total. The van der Waals surface area contributed by atoms with Gasteiger partial charge < -0.3 is 0 Å². The van der Waals surface area contributed by atoms with Crippen LogP contribution in [0.3, 0.4) is 0 Å². The maximum atomic E-state index is 13.1. The average Bonchev–Trinajstić information content (AvgIpc) is 2.10. The molecule has 0 aliphatic heterocycles. The van der Waals surface area contributed by atoms with Crippen LogP contribution in [0.4, 0.5) is 4.39 Å². The second-order valence-corrected chi connectivity index (χ2v) is 3.68. The fourth-order valence-electron chi connectivity index (χ4n) is 0.808. The van der Waals surface area contributed by atoms with Crippen LogP contribution in [0, 0.1) is 5.82 Å². The second kappa shape index (κ2) is 4.40.